The smallest absolute Gasteiger partial charge is 0.162 e. The Morgan fingerprint density at radius 2 is 1.90 bits per heavy atom. The first kappa shape index (κ1) is 12.4. The van der Waals surface area contributed by atoms with E-state index < -0.39 is 0 Å². The summed E-state index contributed by atoms with van der Waals surface area (Å²) in [6.45, 7) is 1.19. The second kappa shape index (κ2) is 4.91. The van der Waals surface area contributed by atoms with E-state index in [0.717, 1.165) is 48.0 Å². The van der Waals surface area contributed by atoms with Crippen LogP contribution in [0.15, 0.2) is 18.2 Å². The van der Waals surface area contributed by atoms with Crippen LogP contribution in [0.4, 0.5) is 5.82 Å². The molecule has 108 valence electrons. The molecule has 1 aliphatic heterocycles. The first-order valence-electron chi connectivity index (χ1n) is 7.33. The van der Waals surface area contributed by atoms with Crippen LogP contribution in [0.2, 0.25) is 0 Å². The molecule has 0 spiro atoms. The van der Waals surface area contributed by atoms with Gasteiger partial charge >= 0.3 is 0 Å². The van der Waals surface area contributed by atoms with Gasteiger partial charge in [0.05, 0.1) is 0 Å². The number of aryl methyl sites for hydroxylation is 1. The maximum atomic E-state index is 5.64. The van der Waals surface area contributed by atoms with Crippen molar-refractivity contribution in [1.29, 1.82) is 0 Å². The number of benzene rings is 1. The molecule has 5 heteroatoms. The van der Waals surface area contributed by atoms with Gasteiger partial charge in [-0.15, -0.1) is 0 Å². The highest BCUT2D eigenvalue weighted by atomic mass is 16.6. The lowest BCUT2D eigenvalue weighted by Gasteiger charge is -2.19. The summed E-state index contributed by atoms with van der Waals surface area (Å²) in [6.07, 6.45) is 3.25. The van der Waals surface area contributed by atoms with E-state index in [1.165, 1.54) is 11.3 Å². The maximum Gasteiger partial charge on any atom is 0.162 e. The molecule has 0 atom stereocenters. The lowest BCUT2D eigenvalue weighted by Crippen LogP contribution is -2.15. The number of ether oxygens (including phenoxy) is 2. The minimum Gasteiger partial charge on any atom is -0.486 e. The number of nitrogens with one attached hydrogen (secondary N) is 1. The summed E-state index contributed by atoms with van der Waals surface area (Å²) in [6, 6.07) is 5.88. The number of nitrogens with zero attached hydrogens (tertiary/aromatic N) is 2. The van der Waals surface area contributed by atoms with Crippen LogP contribution in [0.25, 0.3) is 11.4 Å². The number of aromatic nitrogens is 2. The van der Waals surface area contributed by atoms with Crippen LogP contribution in [0, 0.1) is 0 Å². The zero-order valence-electron chi connectivity index (χ0n) is 12.0. The van der Waals surface area contributed by atoms with Gasteiger partial charge in [0.1, 0.15) is 19.0 Å². The third-order valence-electron chi connectivity index (χ3n) is 3.97. The molecule has 1 aromatic heterocycles. The molecule has 0 amide bonds. The zero-order chi connectivity index (χ0) is 14.2. The fourth-order valence-electron chi connectivity index (χ4n) is 2.95. The second-order valence-corrected chi connectivity index (χ2v) is 5.28. The fourth-order valence-corrected chi connectivity index (χ4v) is 2.95. The lowest BCUT2D eigenvalue weighted by molar-refractivity contribution is 0.171. The average molecular weight is 283 g/mol. The number of anilines is 1. The minimum absolute atomic E-state index is 0.587. The molecule has 2 aromatic rings. The van der Waals surface area contributed by atoms with Crippen molar-refractivity contribution in [2.45, 2.75) is 19.3 Å². The molecular weight excluding hydrogens is 266 g/mol. The normalized spacial score (nSPS) is 15.7. The van der Waals surface area contributed by atoms with Crippen LogP contribution < -0.4 is 14.8 Å². The largest absolute Gasteiger partial charge is 0.486 e. The molecule has 1 aliphatic carbocycles. The highest BCUT2D eigenvalue weighted by Crippen LogP contribution is 2.35. The first-order valence-corrected chi connectivity index (χ1v) is 7.33. The van der Waals surface area contributed by atoms with Crippen molar-refractivity contribution in [3.63, 3.8) is 0 Å². The van der Waals surface area contributed by atoms with Gasteiger partial charge in [-0.2, -0.15) is 0 Å². The Labute approximate surface area is 123 Å². The van der Waals surface area contributed by atoms with Crippen molar-refractivity contribution in [2.75, 3.05) is 25.6 Å². The van der Waals surface area contributed by atoms with Crippen molar-refractivity contribution in [3.8, 4) is 22.9 Å². The van der Waals surface area contributed by atoms with Crippen LogP contribution in [0.3, 0.4) is 0 Å². The molecule has 0 radical (unpaired) electrons. The van der Waals surface area contributed by atoms with Gasteiger partial charge in [-0.1, -0.05) is 0 Å². The molecule has 0 saturated carbocycles. The van der Waals surface area contributed by atoms with Crippen LogP contribution in [0.5, 0.6) is 11.5 Å². The SMILES string of the molecule is CNc1nc(-c2ccc3c(c2)OCCO3)nc2c1CCC2. The Hall–Kier alpha value is -2.30. The Balaban J connectivity index is 1.80. The average Bonchev–Trinajstić information content (AvgIpc) is 3.02. The van der Waals surface area contributed by atoms with E-state index in [0.29, 0.717) is 13.2 Å². The van der Waals surface area contributed by atoms with Gasteiger partial charge in [0.15, 0.2) is 17.3 Å². The molecule has 0 bridgehead atoms. The lowest BCUT2D eigenvalue weighted by atomic mass is 10.1. The van der Waals surface area contributed by atoms with Crippen molar-refractivity contribution >= 4 is 5.82 Å². The molecule has 5 nitrogen and oxygen atoms in total. The van der Waals surface area contributed by atoms with E-state index in [2.05, 4.69) is 10.3 Å². The van der Waals surface area contributed by atoms with E-state index in [1.54, 1.807) is 0 Å². The van der Waals surface area contributed by atoms with Crippen molar-refractivity contribution < 1.29 is 9.47 Å². The van der Waals surface area contributed by atoms with Gasteiger partial charge < -0.3 is 14.8 Å². The summed E-state index contributed by atoms with van der Waals surface area (Å²) in [7, 11) is 1.91. The van der Waals surface area contributed by atoms with Gasteiger partial charge in [0.2, 0.25) is 0 Å². The summed E-state index contributed by atoms with van der Waals surface area (Å²) in [5.74, 6) is 3.26. The highest BCUT2D eigenvalue weighted by Gasteiger charge is 2.20. The summed E-state index contributed by atoms with van der Waals surface area (Å²) in [5, 5.41) is 3.19. The van der Waals surface area contributed by atoms with E-state index in [-0.39, 0.29) is 0 Å². The monoisotopic (exact) mass is 283 g/mol. The zero-order valence-corrected chi connectivity index (χ0v) is 12.0. The Morgan fingerprint density at radius 1 is 1.05 bits per heavy atom. The van der Waals surface area contributed by atoms with Gasteiger partial charge in [-0.25, -0.2) is 9.97 Å². The van der Waals surface area contributed by atoms with Crippen LogP contribution >= 0.6 is 0 Å². The molecule has 2 heterocycles. The Kier molecular flexibility index (Phi) is 2.91. The third kappa shape index (κ3) is 2.09. The predicted molar refractivity (Wildman–Crippen MR) is 80.0 cm³/mol. The quantitative estimate of drug-likeness (QED) is 0.917. The molecule has 2 aliphatic rings. The summed E-state index contributed by atoms with van der Waals surface area (Å²) >= 11 is 0. The molecule has 1 N–H and O–H groups in total. The second-order valence-electron chi connectivity index (χ2n) is 5.28. The number of hydrogen-bond acceptors (Lipinski definition) is 5. The number of hydrogen-bond donors (Lipinski definition) is 1. The summed E-state index contributed by atoms with van der Waals surface area (Å²) < 4.78 is 11.2. The van der Waals surface area contributed by atoms with Gasteiger partial charge in [-0.3, -0.25) is 0 Å². The highest BCUT2D eigenvalue weighted by molar-refractivity contribution is 5.64. The number of rotatable bonds is 2. The van der Waals surface area contributed by atoms with E-state index in [1.807, 2.05) is 25.2 Å². The van der Waals surface area contributed by atoms with Crippen LogP contribution in [0.1, 0.15) is 17.7 Å². The Bertz CT molecular complexity index is 700. The van der Waals surface area contributed by atoms with E-state index in [4.69, 9.17) is 14.5 Å². The molecule has 1 aromatic carbocycles. The predicted octanol–water partition coefficient (Wildman–Crippen LogP) is 2.45. The fraction of sp³-hybridized carbons (Fsp3) is 0.375. The molecule has 0 fully saturated rings. The topological polar surface area (TPSA) is 56.3 Å². The van der Waals surface area contributed by atoms with Gasteiger partial charge in [0.25, 0.3) is 0 Å². The van der Waals surface area contributed by atoms with E-state index >= 15 is 0 Å². The van der Waals surface area contributed by atoms with E-state index in [9.17, 15) is 0 Å². The molecular formula is C16H17N3O2. The third-order valence-corrected chi connectivity index (χ3v) is 3.97. The van der Waals surface area contributed by atoms with Crippen molar-refractivity contribution in [3.05, 3.63) is 29.5 Å². The minimum atomic E-state index is 0.587. The number of fused-ring (bicyclic) bond motifs is 2. The van der Waals surface area contributed by atoms with Crippen LogP contribution in [-0.4, -0.2) is 30.2 Å². The van der Waals surface area contributed by atoms with Crippen molar-refractivity contribution in [1.82, 2.24) is 9.97 Å². The molecule has 0 saturated heterocycles. The molecule has 21 heavy (non-hydrogen) atoms. The molecule has 0 unspecified atom stereocenters. The first-order chi connectivity index (χ1) is 10.3. The standard InChI is InChI=1S/C16H17N3O2/c1-17-16-11-3-2-4-12(11)18-15(19-16)10-5-6-13-14(9-10)21-8-7-20-13/h5-6,9H,2-4,7-8H2,1H3,(H,17,18,19). The maximum absolute atomic E-state index is 5.64. The van der Waals surface area contributed by atoms with Crippen molar-refractivity contribution in [2.24, 2.45) is 0 Å². The van der Waals surface area contributed by atoms with Gasteiger partial charge in [0, 0.05) is 23.9 Å². The van der Waals surface area contributed by atoms with Gasteiger partial charge in [-0.05, 0) is 37.5 Å². The van der Waals surface area contributed by atoms with Crippen LogP contribution in [-0.2, 0) is 12.8 Å². The summed E-state index contributed by atoms with van der Waals surface area (Å²) in [4.78, 5) is 9.40. The Morgan fingerprint density at radius 3 is 2.76 bits per heavy atom. The molecule has 4 rings (SSSR count). The summed E-state index contributed by atoms with van der Waals surface area (Å²) in [5.41, 5.74) is 3.39.